The molecule has 0 saturated carbocycles. The molecule has 0 fully saturated rings. The highest BCUT2D eigenvalue weighted by molar-refractivity contribution is 6.04. The van der Waals surface area contributed by atoms with E-state index in [9.17, 15) is 9.90 Å². The number of hydrogen-bond donors (Lipinski definition) is 2. The zero-order chi connectivity index (χ0) is 17.9. The van der Waals surface area contributed by atoms with Gasteiger partial charge in [-0.2, -0.15) is 0 Å². The van der Waals surface area contributed by atoms with Crippen LogP contribution < -0.4 is 5.32 Å². The van der Waals surface area contributed by atoms with E-state index < -0.39 is 0 Å². The molecule has 0 atom stereocenters. The Balaban J connectivity index is 1.56. The topological polar surface area (TPSA) is 101 Å². The van der Waals surface area contributed by atoms with E-state index in [1.54, 1.807) is 48.5 Å². The van der Waals surface area contributed by atoms with Crippen molar-refractivity contribution in [2.75, 3.05) is 5.32 Å². The molecular formula is C19H13N3O4. The highest BCUT2D eigenvalue weighted by Gasteiger charge is 2.13. The van der Waals surface area contributed by atoms with Gasteiger partial charge in [0.15, 0.2) is 5.76 Å². The van der Waals surface area contributed by atoms with Crippen LogP contribution in [0.4, 0.5) is 5.69 Å². The molecule has 0 aliphatic rings. The van der Waals surface area contributed by atoms with Crippen LogP contribution in [0.1, 0.15) is 10.4 Å². The lowest BCUT2D eigenvalue weighted by Crippen LogP contribution is -2.11. The summed E-state index contributed by atoms with van der Waals surface area (Å²) >= 11 is 0. The number of rotatable bonds is 4. The van der Waals surface area contributed by atoms with Gasteiger partial charge in [0.05, 0.1) is 6.26 Å². The molecule has 2 aromatic carbocycles. The van der Waals surface area contributed by atoms with Crippen molar-refractivity contribution in [3.63, 3.8) is 0 Å². The van der Waals surface area contributed by atoms with Gasteiger partial charge in [-0.05, 0) is 48.5 Å². The lowest BCUT2D eigenvalue weighted by atomic mass is 10.1. The number of furan rings is 1. The first-order chi connectivity index (χ1) is 12.7. The van der Waals surface area contributed by atoms with Crippen LogP contribution in [0.25, 0.3) is 23.1 Å². The smallest absolute Gasteiger partial charge is 0.283 e. The Labute approximate surface area is 147 Å². The number of phenols is 1. The Hall–Kier alpha value is -3.87. The van der Waals surface area contributed by atoms with E-state index in [1.165, 1.54) is 18.4 Å². The van der Waals surface area contributed by atoms with Crippen LogP contribution in [-0.4, -0.2) is 21.2 Å². The Bertz CT molecular complexity index is 1050. The normalized spacial score (nSPS) is 10.6. The summed E-state index contributed by atoms with van der Waals surface area (Å²) in [5.74, 6) is 0.767. The predicted octanol–water partition coefficient (Wildman–Crippen LogP) is 3.95. The number of nitrogens with zero attached hydrogens (tertiary/aromatic N) is 2. The van der Waals surface area contributed by atoms with Crippen molar-refractivity contribution >= 4 is 11.6 Å². The Morgan fingerprint density at radius 1 is 0.962 bits per heavy atom. The number of benzene rings is 2. The van der Waals surface area contributed by atoms with Crippen molar-refractivity contribution in [1.29, 1.82) is 0 Å². The number of phenolic OH excluding ortho intramolecular Hbond substituents is 1. The van der Waals surface area contributed by atoms with E-state index in [1.807, 2.05) is 0 Å². The van der Waals surface area contributed by atoms with Crippen molar-refractivity contribution in [1.82, 2.24) is 10.2 Å². The fraction of sp³-hybridized carbons (Fsp3) is 0. The fourth-order valence-corrected chi connectivity index (χ4v) is 2.42. The highest BCUT2D eigenvalue weighted by atomic mass is 16.4. The maximum Gasteiger partial charge on any atom is 0.283 e. The van der Waals surface area contributed by atoms with Gasteiger partial charge in [0.1, 0.15) is 5.75 Å². The molecule has 7 nitrogen and oxygen atoms in total. The number of aromatic nitrogens is 2. The summed E-state index contributed by atoms with van der Waals surface area (Å²) in [5, 5.41) is 20.2. The van der Waals surface area contributed by atoms with E-state index in [0.29, 0.717) is 28.5 Å². The SMILES string of the molecule is O=C(Nc1cccc(-c2nnc(-c3ccco3)o2)c1)c1cccc(O)c1. The number of aromatic hydroxyl groups is 1. The highest BCUT2D eigenvalue weighted by Crippen LogP contribution is 2.26. The molecule has 0 spiro atoms. The monoisotopic (exact) mass is 347 g/mol. The van der Waals surface area contributed by atoms with Crippen molar-refractivity contribution in [2.45, 2.75) is 0 Å². The lowest BCUT2D eigenvalue weighted by Gasteiger charge is -2.06. The van der Waals surface area contributed by atoms with Crippen LogP contribution >= 0.6 is 0 Å². The van der Waals surface area contributed by atoms with E-state index in [-0.39, 0.29) is 17.5 Å². The number of hydrogen-bond acceptors (Lipinski definition) is 6. The summed E-state index contributed by atoms with van der Waals surface area (Å²) in [6, 6.07) is 16.6. The third kappa shape index (κ3) is 3.18. The second-order valence-electron chi connectivity index (χ2n) is 5.47. The van der Waals surface area contributed by atoms with Crippen LogP contribution in [0.5, 0.6) is 5.75 Å². The number of carbonyl (C=O) groups excluding carboxylic acids is 1. The van der Waals surface area contributed by atoms with Gasteiger partial charge in [0.25, 0.3) is 11.8 Å². The van der Waals surface area contributed by atoms with Gasteiger partial charge >= 0.3 is 0 Å². The summed E-state index contributed by atoms with van der Waals surface area (Å²) in [4.78, 5) is 12.3. The van der Waals surface area contributed by atoms with Gasteiger partial charge in [0.2, 0.25) is 5.89 Å². The van der Waals surface area contributed by atoms with Crippen LogP contribution in [0.15, 0.2) is 75.8 Å². The van der Waals surface area contributed by atoms with Crippen LogP contribution in [-0.2, 0) is 0 Å². The molecule has 26 heavy (non-hydrogen) atoms. The molecule has 0 saturated heterocycles. The van der Waals surface area contributed by atoms with Crippen LogP contribution in [0.3, 0.4) is 0 Å². The van der Waals surface area contributed by atoms with Crippen LogP contribution in [0, 0.1) is 0 Å². The summed E-state index contributed by atoms with van der Waals surface area (Å²) in [6.45, 7) is 0. The molecule has 4 aromatic rings. The molecule has 128 valence electrons. The van der Waals surface area contributed by atoms with Crippen molar-refractivity contribution < 1.29 is 18.7 Å². The Kier molecular flexibility index (Phi) is 3.95. The van der Waals surface area contributed by atoms with Crippen molar-refractivity contribution in [3.8, 4) is 28.9 Å². The molecule has 7 heteroatoms. The summed E-state index contributed by atoms with van der Waals surface area (Å²) in [5.41, 5.74) is 1.57. The third-order valence-electron chi connectivity index (χ3n) is 3.63. The molecule has 2 N–H and O–H groups in total. The van der Waals surface area contributed by atoms with Crippen molar-refractivity contribution in [3.05, 3.63) is 72.5 Å². The average molecular weight is 347 g/mol. The quantitative estimate of drug-likeness (QED) is 0.579. The van der Waals surface area contributed by atoms with E-state index in [0.717, 1.165) is 0 Å². The molecule has 2 aromatic heterocycles. The standard InChI is InChI=1S/C19H13N3O4/c23-15-7-2-4-12(11-15)17(24)20-14-6-1-5-13(10-14)18-21-22-19(26-18)16-8-3-9-25-16/h1-11,23H,(H,20,24). The fourth-order valence-electron chi connectivity index (χ4n) is 2.42. The molecule has 0 unspecified atom stereocenters. The van der Waals surface area contributed by atoms with Gasteiger partial charge in [-0.1, -0.05) is 12.1 Å². The first kappa shape index (κ1) is 15.6. The van der Waals surface area contributed by atoms with Gasteiger partial charge in [0, 0.05) is 16.8 Å². The number of nitrogens with one attached hydrogen (secondary N) is 1. The third-order valence-corrected chi connectivity index (χ3v) is 3.63. The maximum atomic E-state index is 12.3. The largest absolute Gasteiger partial charge is 0.508 e. The van der Waals surface area contributed by atoms with Crippen LogP contribution in [0.2, 0.25) is 0 Å². The van der Waals surface area contributed by atoms with Gasteiger partial charge in [-0.25, -0.2) is 0 Å². The maximum absolute atomic E-state index is 12.3. The molecule has 0 radical (unpaired) electrons. The minimum Gasteiger partial charge on any atom is -0.508 e. The molecule has 0 aliphatic heterocycles. The molecular weight excluding hydrogens is 334 g/mol. The first-order valence-electron chi connectivity index (χ1n) is 7.77. The number of anilines is 1. The Morgan fingerprint density at radius 2 is 1.81 bits per heavy atom. The lowest BCUT2D eigenvalue weighted by molar-refractivity contribution is 0.102. The predicted molar refractivity (Wildman–Crippen MR) is 93.5 cm³/mol. The van der Waals surface area contributed by atoms with E-state index in [2.05, 4.69) is 15.5 Å². The molecule has 2 heterocycles. The molecule has 0 bridgehead atoms. The summed E-state index contributed by atoms with van der Waals surface area (Å²) < 4.78 is 10.8. The van der Waals surface area contributed by atoms with E-state index >= 15 is 0 Å². The summed E-state index contributed by atoms with van der Waals surface area (Å²) in [7, 11) is 0. The number of amides is 1. The van der Waals surface area contributed by atoms with Gasteiger partial charge in [-0.3, -0.25) is 4.79 Å². The molecule has 4 rings (SSSR count). The zero-order valence-electron chi connectivity index (χ0n) is 13.4. The van der Waals surface area contributed by atoms with Gasteiger partial charge in [-0.15, -0.1) is 10.2 Å². The zero-order valence-corrected chi connectivity index (χ0v) is 13.4. The van der Waals surface area contributed by atoms with E-state index in [4.69, 9.17) is 8.83 Å². The minimum atomic E-state index is -0.333. The second-order valence-corrected chi connectivity index (χ2v) is 5.47. The minimum absolute atomic E-state index is 0.0303. The van der Waals surface area contributed by atoms with Gasteiger partial charge < -0.3 is 19.3 Å². The van der Waals surface area contributed by atoms with Crippen molar-refractivity contribution in [2.24, 2.45) is 0 Å². The molecule has 1 amide bonds. The number of carbonyl (C=O) groups is 1. The summed E-state index contributed by atoms with van der Waals surface area (Å²) in [6.07, 6.45) is 1.52. The first-order valence-corrected chi connectivity index (χ1v) is 7.77. The Morgan fingerprint density at radius 3 is 2.62 bits per heavy atom. The molecule has 0 aliphatic carbocycles. The average Bonchev–Trinajstić information content (AvgIpc) is 3.33. The second kappa shape index (κ2) is 6.56.